The summed E-state index contributed by atoms with van der Waals surface area (Å²) in [4.78, 5) is 12.5. The number of benzene rings is 4. The molecule has 1 atom stereocenters. The highest BCUT2D eigenvalue weighted by molar-refractivity contribution is 6.13. The quantitative estimate of drug-likeness (QED) is 0.312. The van der Waals surface area contributed by atoms with E-state index in [1.54, 1.807) is 6.21 Å². The van der Waals surface area contributed by atoms with Gasteiger partial charge in [-0.2, -0.15) is 5.10 Å². The third-order valence-corrected chi connectivity index (χ3v) is 4.76. The number of carbonyl (C=O) groups excluding carboxylic acids is 1. The molecule has 28 heavy (non-hydrogen) atoms. The molecule has 4 aromatic rings. The Hall–Kier alpha value is -3.50. The van der Waals surface area contributed by atoms with E-state index in [0.29, 0.717) is 0 Å². The number of hydrazone groups is 1. The Balaban J connectivity index is 1.65. The number of methoxy groups -OCH3 is 1. The number of nitrogens with zero attached hydrogens (tertiary/aromatic N) is 1. The second-order valence-electron chi connectivity index (χ2n) is 6.49. The predicted octanol–water partition coefficient (Wildman–Crippen LogP) is 4.83. The summed E-state index contributed by atoms with van der Waals surface area (Å²) < 4.78 is 5.36. The van der Waals surface area contributed by atoms with Crippen molar-refractivity contribution in [3.8, 4) is 0 Å². The minimum absolute atomic E-state index is 0.311. The van der Waals surface area contributed by atoms with Crippen molar-refractivity contribution in [1.82, 2.24) is 5.43 Å². The van der Waals surface area contributed by atoms with E-state index >= 15 is 0 Å². The largest absolute Gasteiger partial charge is 0.367 e. The van der Waals surface area contributed by atoms with Gasteiger partial charge in [0.25, 0.3) is 5.91 Å². The highest BCUT2D eigenvalue weighted by Gasteiger charge is 2.19. The Morgan fingerprint density at radius 3 is 2.07 bits per heavy atom. The van der Waals surface area contributed by atoms with Crippen molar-refractivity contribution in [1.29, 1.82) is 0 Å². The van der Waals surface area contributed by atoms with Crippen molar-refractivity contribution in [2.75, 3.05) is 7.11 Å². The number of carbonyl (C=O) groups is 1. The molecular formula is C24H20N2O2. The van der Waals surface area contributed by atoms with Gasteiger partial charge in [0.05, 0.1) is 6.21 Å². The number of nitrogens with one attached hydrogen (secondary N) is 1. The highest BCUT2D eigenvalue weighted by atomic mass is 16.5. The maximum Gasteiger partial charge on any atom is 0.273 e. The standard InChI is InChI=1S/C24H20N2O2/c1-28-23(17-9-3-2-4-10-17)24(27)26-25-16-22-20-13-7-5-11-18(20)15-19-12-6-8-14-21(19)22/h2-16,23H,1H3,(H,26,27)/b25-16+. The first-order valence-electron chi connectivity index (χ1n) is 9.09. The van der Waals surface area contributed by atoms with Gasteiger partial charge in [-0.05, 0) is 33.2 Å². The average molecular weight is 368 g/mol. The van der Waals surface area contributed by atoms with Crippen LogP contribution < -0.4 is 5.43 Å². The maximum atomic E-state index is 12.5. The first-order valence-corrected chi connectivity index (χ1v) is 9.09. The molecule has 1 N–H and O–H groups in total. The smallest absolute Gasteiger partial charge is 0.273 e. The number of ether oxygens (including phenoxy) is 1. The number of amides is 1. The Bertz CT molecular complexity index is 1100. The molecule has 4 rings (SSSR count). The molecule has 0 heterocycles. The number of hydrogen-bond donors (Lipinski definition) is 1. The third kappa shape index (κ3) is 3.50. The van der Waals surface area contributed by atoms with Crippen LogP contribution in [0.4, 0.5) is 0 Å². The fourth-order valence-electron chi connectivity index (χ4n) is 3.43. The van der Waals surface area contributed by atoms with Gasteiger partial charge in [0.2, 0.25) is 0 Å². The Labute approximate surface area is 163 Å². The van der Waals surface area contributed by atoms with E-state index in [4.69, 9.17) is 4.74 Å². The van der Waals surface area contributed by atoms with Crippen molar-refractivity contribution >= 4 is 33.7 Å². The van der Waals surface area contributed by atoms with Gasteiger partial charge in [0, 0.05) is 12.7 Å². The highest BCUT2D eigenvalue weighted by Crippen LogP contribution is 2.27. The third-order valence-electron chi connectivity index (χ3n) is 4.76. The minimum atomic E-state index is -0.706. The SMILES string of the molecule is COC(C(=O)N/N=C/c1c2ccccc2cc2ccccc12)c1ccccc1. The van der Waals surface area contributed by atoms with Crippen LogP contribution in [-0.2, 0) is 9.53 Å². The number of hydrogen-bond acceptors (Lipinski definition) is 3. The van der Waals surface area contributed by atoms with Crippen LogP contribution in [0.5, 0.6) is 0 Å². The van der Waals surface area contributed by atoms with Crippen molar-refractivity contribution in [3.63, 3.8) is 0 Å². The second-order valence-corrected chi connectivity index (χ2v) is 6.49. The van der Waals surface area contributed by atoms with E-state index in [9.17, 15) is 4.79 Å². The Morgan fingerprint density at radius 2 is 1.46 bits per heavy atom. The summed E-state index contributed by atoms with van der Waals surface area (Å²) in [6.07, 6.45) is 1.00. The first-order chi connectivity index (χ1) is 13.8. The van der Waals surface area contributed by atoms with Gasteiger partial charge < -0.3 is 4.74 Å². The van der Waals surface area contributed by atoms with Gasteiger partial charge in [-0.1, -0.05) is 78.9 Å². The Morgan fingerprint density at radius 1 is 0.893 bits per heavy atom. The lowest BCUT2D eigenvalue weighted by atomic mass is 9.97. The lowest BCUT2D eigenvalue weighted by Crippen LogP contribution is -2.26. The molecule has 4 heteroatoms. The molecule has 0 spiro atoms. The monoisotopic (exact) mass is 368 g/mol. The molecular weight excluding hydrogens is 348 g/mol. The van der Waals surface area contributed by atoms with Crippen molar-refractivity contribution in [2.24, 2.45) is 5.10 Å². The molecule has 1 amide bonds. The summed E-state index contributed by atoms with van der Waals surface area (Å²) in [5, 5.41) is 8.67. The van der Waals surface area contributed by atoms with Crippen molar-refractivity contribution < 1.29 is 9.53 Å². The molecule has 0 radical (unpaired) electrons. The van der Waals surface area contributed by atoms with Crippen molar-refractivity contribution in [3.05, 3.63) is 96.1 Å². The van der Waals surface area contributed by atoms with Crippen LogP contribution in [0.3, 0.4) is 0 Å². The average Bonchev–Trinajstić information content (AvgIpc) is 2.74. The molecule has 0 aromatic heterocycles. The lowest BCUT2D eigenvalue weighted by Gasteiger charge is -2.13. The van der Waals surface area contributed by atoms with Crippen LogP contribution in [0.1, 0.15) is 17.2 Å². The fraction of sp³-hybridized carbons (Fsp3) is 0.0833. The zero-order chi connectivity index (χ0) is 19.3. The van der Waals surface area contributed by atoms with Gasteiger partial charge in [-0.25, -0.2) is 5.43 Å². The maximum absolute atomic E-state index is 12.5. The molecule has 4 aromatic carbocycles. The molecule has 0 aliphatic heterocycles. The van der Waals surface area contributed by atoms with Crippen LogP contribution in [0.25, 0.3) is 21.5 Å². The molecule has 0 saturated heterocycles. The fourth-order valence-corrected chi connectivity index (χ4v) is 3.43. The minimum Gasteiger partial charge on any atom is -0.367 e. The van der Waals surface area contributed by atoms with E-state index < -0.39 is 6.10 Å². The van der Waals surface area contributed by atoms with E-state index in [0.717, 1.165) is 32.7 Å². The summed E-state index contributed by atoms with van der Waals surface area (Å²) in [5.74, 6) is -0.311. The first kappa shape index (κ1) is 17.9. The summed E-state index contributed by atoms with van der Waals surface area (Å²) in [5.41, 5.74) is 4.38. The van der Waals surface area contributed by atoms with Crippen LogP contribution in [0, 0.1) is 0 Å². The summed E-state index contributed by atoms with van der Waals surface area (Å²) >= 11 is 0. The molecule has 0 fully saturated rings. The molecule has 0 aliphatic carbocycles. The lowest BCUT2D eigenvalue weighted by molar-refractivity contribution is -0.131. The van der Waals surface area contributed by atoms with E-state index in [1.807, 2.05) is 54.6 Å². The number of rotatable bonds is 5. The zero-order valence-corrected chi connectivity index (χ0v) is 15.5. The molecule has 0 saturated carbocycles. The van der Waals surface area contributed by atoms with Crippen LogP contribution >= 0.6 is 0 Å². The normalized spacial score (nSPS) is 12.5. The van der Waals surface area contributed by atoms with Crippen molar-refractivity contribution in [2.45, 2.75) is 6.10 Å². The summed E-state index contributed by atoms with van der Waals surface area (Å²) in [6, 6.07) is 27.8. The van der Waals surface area contributed by atoms with E-state index in [2.05, 4.69) is 40.9 Å². The second kappa shape index (κ2) is 8.03. The van der Waals surface area contributed by atoms with Gasteiger partial charge in [-0.3, -0.25) is 4.79 Å². The summed E-state index contributed by atoms with van der Waals surface area (Å²) in [6.45, 7) is 0. The zero-order valence-electron chi connectivity index (χ0n) is 15.5. The molecule has 0 aliphatic rings. The van der Waals surface area contributed by atoms with Gasteiger partial charge >= 0.3 is 0 Å². The van der Waals surface area contributed by atoms with Crippen LogP contribution in [0.15, 0.2) is 90.0 Å². The topological polar surface area (TPSA) is 50.7 Å². The van der Waals surface area contributed by atoms with E-state index in [1.165, 1.54) is 7.11 Å². The number of fused-ring (bicyclic) bond motifs is 2. The molecule has 138 valence electrons. The molecule has 0 bridgehead atoms. The summed E-state index contributed by atoms with van der Waals surface area (Å²) in [7, 11) is 1.51. The predicted molar refractivity (Wildman–Crippen MR) is 113 cm³/mol. The van der Waals surface area contributed by atoms with Gasteiger partial charge in [-0.15, -0.1) is 0 Å². The Kier molecular flexibility index (Phi) is 5.13. The van der Waals surface area contributed by atoms with Crippen LogP contribution in [-0.4, -0.2) is 19.2 Å². The van der Waals surface area contributed by atoms with Crippen LogP contribution in [0.2, 0.25) is 0 Å². The molecule has 4 nitrogen and oxygen atoms in total. The van der Waals surface area contributed by atoms with Gasteiger partial charge in [0.15, 0.2) is 6.10 Å². The van der Waals surface area contributed by atoms with E-state index in [-0.39, 0.29) is 5.91 Å². The molecule has 1 unspecified atom stereocenters. The van der Waals surface area contributed by atoms with Gasteiger partial charge in [0.1, 0.15) is 0 Å².